The first-order chi connectivity index (χ1) is 19.7. The van der Waals surface area contributed by atoms with Gasteiger partial charge >= 0.3 is 0 Å². The molecule has 1 fully saturated rings. The number of hydrogen-bond acceptors (Lipinski definition) is 6. The third kappa shape index (κ3) is 7.14. The molecule has 0 aliphatic carbocycles. The van der Waals surface area contributed by atoms with Crippen LogP contribution in [0.4, 0.5) is 17.2 Å². The van der Waals surface area contributed by atoms with Gasteiger partial charge in [-0.05, 0) is 93.7 Å². The number of benzene rings is 2. The van der Waals surface area contributed by atoms with Gasteiger partial charge in [0.15, 0.2) is 0 Å². The quantitative estimate of drug-likeness (QED) is 0.267. The van der Waals surface area contributed by atoms with Crippen molar-refractivity contribution in [2.45, 2.75) is 38.2 Å². The van der Waals surface area contributed by atoms with Gasteiger partial charge in [0.2, 0.25) is 0 Å². The van der Waals surface area contributed by atoms with Crippen LogP contribution >= 0.6 is 0 Å². The fourth-order valence-electron chi connectivity index (χ4n) is 5.75. The van der Waals surface area contributed by atoms with Crippen LogP contribution in [0.15, 0.2) is 73.1 Å². The van der Waals surface area contributed by atoms with Crippen molar-refractivity contribution in [1.82, 2.24) is 14.5 Å². The van der Waals surface area contributed by atoms with Crippen molar-refractivity contribution in [3.63, 3.8) is 0 Å². The minimum absolute atomic E-state index is 0.185. The maximum Gasteiger partial charge on any atom is 0.256 e. The van der Waals surface area contributed by atoms with Gasteiger partial charge < -0.3 is 29.5 Å². The number of anilines is 3. The van der Waals surface area contributed by atoms with E-state index in [0.717, 1.165) is 42.7 Å². The van der Waals surface area contributed by atoms with Crippen LogP contribution in [0.2, 0.25) is 0 Å². The summed E-state index contributed by atoms with van der Waals surface area (Å²) in [5, 5.41) is 14.3. The number of piperidine rings is 1. The Balaban J connectivity index is 1.25. The molecule has 0 radical (unpaired) electrons. The predicted octanol–water partition coefficient (Wildman–Crippen LogP) is 5.56. The van der Waals surface area contributed by atoms with E-state index in [9.17, 15) is 9.90 Å². The zero-order chi connectivity index (χ0) is 29.0. The number of aliphatic hydroxyl groups is 1. The van der Waals surface area contributed by atoms with Crippen LogP contribution in [-0.4, -0.2) is 71.0 Å². The van der Waals surface area contributed by atoms with Crippen LogP contribution in [0.5, 0.6) is 0 Å². The number of aryl methyl sites for hydroxylation is 1. The number of ether oxygens (including phenoxy) is 1. The monoisotopic (exact) mass is 555 g/mol. The smallest absolute Gasteiger partial charge is 0.256 e. The SMILES string of the molecule is COCCN(c1ccnc(NC(=O)c2ccc(C3CCN(CC(C)(C)O)CC3)cc2)c1)c1ccc2c(ccn2C)c1. The van der Waals surface area contributed by atoms with Crippen LogP contribution in [0.3, 0.4) is 0 Å². The molecule has 8 heteroatoms. The molecule has 0 unspecified atom stereocenters. The lowest BCUT2D eigenvalue weighted by atomic mass is 9.88. The molecule has 1 amide bonds. The van der Waals surface area contributed by atoms with Crippen LogP contribution in [0.25, 0.3) is 10.9 Å². The highest BCUT2D eigenvalue weighted by atomic mass is 16.5. The molecule has 1 aliphatic rings. The average molecular weight is 556 g/mol. The third-order valence-electron chi connectivity index (χ3n) is 7.84. The fourth-order valence-corrected chi connectivity index (χ4v) is 5.75. The normalized spacial score (nSPS) is 14.9. The number of likely N-dealkylation sites (tertiary alicyclic amines) is 1. The van der Waals surface area contributed by atoms with Crippen molar-refractivity contribution in [3.8, 4) is 0 Å². The van der Waals surface area contributed by atoms with E-state index >= 15 is 0 Å². The standard InChI is InChI=1S/C33H41N5O3/c1-33(2,40)23-37-17-13-25(14-18-37)24-5-7-26(8-6-24)32(39)35-31-22-29(11-15-34-31)38(19-20-41-4)28-9-10-30-27(21-28)12-16-36(30)3/h5-12,15-16,21-22,25,40H,13-14,17-20,23H2,1-4H3,(H,34,35,39). The number of hydrogen-bond donors (Lipinski definition) is 2. The fraction of sp³-hybridized carbons (Fsp3) is 0.394. The number of nitrogens with zero attached hydrogens (tertiary/aromatic N) is 4. The predicted molar refractivity (Wildman–Crippen MR) is 165 cm³/mol. The maximum absolute atomic E-state index is 13.1. The third-order valence-corrected chi connectivity index (χ3v) is 7.84. The lowest BCUT2D eigenvalue weighted by molar-refractivity contribution is 0.0282. The Morgan fingerprint density at radius 2 is 1.80 bits per heavy atom. The maximum atomic E-state index is 13.1. The Labute approximate surface area is 242 Å². The molecule has 0 saturated carbocycles. The lowest BCUT2D eigenvalue weighted by Gasteiger charge is -2.35. The molecule has 216 valence electrons. The number of β-amino-alcohol motifs (C(OH)–C–C–N with tert-alkyl or cyclic N) is 1. The van der Waals surface area contributed by atoms with E-state index in [1.54, 1.807) is 13.3 Å². The Morgan fingerprint density at radius 3 is 2.51 bits per heavy atom. The van der Waals surface area contributed by atoms with Crippen molar-refractivity contribution in [2.24, 2.45) is 7.05 Å². The van der Waals surface area contributed by atoms with Gasteiger partial charge in [-0.1, -0.05) is 12.1 Å². The average Bonchev–Trinajstić information content (AvgIpc) is 3.33. The molecule has 41 heavy (non-hydrogen) atoms. The largest absolute Gasteiger partial charge is 0.389 e. The molecule has 5 rings (SSSR count). The molecular weight excluding hydrogens is 514 g/mol. The van der Waals surface area contributed by atoms with E-state index in [0.29, 0.717) is 37.0 Å². The van der Waals surface area contributed by atoms with Gasteiger partial charge in [-0.2, -0.15) is 0 Å². The number of aromatic nitrogens is 2. The molecule has 3 heterocycles. The second-order valence-electron chi connectivity index (χ2n) is 11.7. The number of pyridine rings is 1. The van der Waals surface area contributed by atoms with Gasteiger partial charge in [-0.15, -0.1) is 0 Å². The minimum Gasteiger partial charge on any atom is -0.389 e. The van der Waals surface area contributed by atoms with E-state index in [-0.39, 0.29) is 5.91 Å². The molecule has 1 saturated heterocycles. The molecule has 2 aromatic heterocycles. The van der Waals surface area contributed by atoms with Crippen LogP contribution in [-0.2, 0) is 11.8 Å². The first-order valence-corrected chi connectivity index (χ1v) is 14.3. The highest BCUT2D eigenvalue weighted by molar-refractivity contribution is 6.04. The van der Waals surface area contributed by atoms with E-state index in [1.807, 2.05) is 45.2 Å². The van der Waals surface area contributed by atoms with Crippen molar-refractivity contribution in [1.29, 1.82) is 0 Å². The highest BCUT2D eigenvalue weighted by Gasteiger charge is 2.25. The number of methoxy groups -OCH3 is 1. The van der Waals surface area contributed by atoms with E-state index in [1.165, 1.54) is 11.1 Å². The molecular formula is C33H41N5O3. The van der Waals surface area contributed by atoms with Gasteiger partial charge in [-0.25, -0.2) is 4.98 Å². The van der Waals surface area contributed by atoms with E-state index in [4.69, 9.17) is 4.74 Å². The Hall–Kier alpha value is -3.72. The van der Waals surface area contributed by atoms with Gasteiger partial charge in [0.05, 0.1) is 12.2 Å². The van der Waals surface area contributed by atoms with E-state index < -0.39 is 5.60 Å². The summed E-state index contributed by atoms with van der Waals surface area (Å²) in [5.41, 5.74) is 4.33. The van der Waals surface area contributed by atoms with Crippen molar-refractivity contribution >= 4 is 34.0 Å². The number of fused-ring (bicyclic) bond motifs is 1. The number of amides is 1. The topological polar surface area (TPSA) is 82.9 Å². The highest BCUT2D eigenvalue weighted by Crippen LogP contribution is 2.31. The van der Waals surface area contributed by atoms with Gasteiger partial charge in [-0.3, -0.25) is 4.79 Å². The molecule has 0 spiro atoms. The lowest BCUT2D eigenvalue weighted by Crippen LogP contribution is -2.42. The molecule has 4 aromatic rings. The summed E-state index contributed by atoms with van der Waals surface area (Å²) in [5.74, 6) is 0.783. The second kappa shape index (κ2) is 12.4. The molecule has 1 aliphatic heterocycles. The van der Waals surface area contributed by atoms with E-state index in [2.05, 4.69) is 67.3 Å². The van der Waals surface area contributed by atoms with Crippen molar-refractivity contribution in [2.75, 3.05) is 50.1 Å². The molecule has 0 bridgehead atoms. The van der Waals surface area contributed by atoms with Crippen LogP contribution in [0.1, 0.15) is 48.5 Å². The number of carbonyl (C=O) groups is 1. The number of rotatable bonds is 10. The van der Waals surface area contributed by atoms with Crippen molar-refractivity contribution < 1.29 is 14.6 Å². The van der Waals surface area contributed by atoms with Gasteiger partial charge in [0, 0.05) is 73.5 Å². The summed E-state index contributed by atoms with van der Waals surface area (Å²) in [6.07, 6.45) is 5.88. The molecule has 2 N–H and O–H groups in total. The Morgan fingerprint density at radius 1 is 1.07 bits per heavy atom. The second-order valence-corrected chi connectivity index (χ2v) is 11.7. The van der Waals surface area contributed by atoms with Gasteiger partial charge in [0.1, 0.15) is 5.82 Å². The first kappa shape index (κ1) is 28.8. The first-order valence-electron chi connectivity index (χ1n) is 14.3. The van der Waals surface area contributed by atoms with Crippen LogP contribution < -0.4 is 10.2 Å². The summed E-state index contributed by atoms with van der Waals surface area (Å²) >= 11 is 0. The van der Waals surface area contributed by atoms with Crippen LogP contribution in [0, 0.1) is 0 Å². The summed E-state index contributed by atoms with van der Waals surface area (Å²) in [7, 11) is 3.74. The molecule has 0 atom stereocenters. The Bertz CT molecular complexity index is 1470. The minimum atomic E-state index is -0.672. The Kier molecular flexibility index (Phi) is 8.73. The summed E-state index contributed by atoms with van der Waals surface area (Å²) in [4.78, 5) is 22.1. The summed E-state index contributed by atoms with van der Waals surface area (Å²) < 4.78 is 7.50. The van der Waals surface area contributed by atoms with Gasteiger partial charge in [0.25, 0.3) is 5.91 Å². The summed E-state index contributed by atoms with van der Waals surface area (Å²) in [6.45, 7) is 7.57. The summed E-state index contributed by atoms with van der Waals surface area (Å²) in [6, 6.07) is 20.3. The number of carbonyl (C=O) groups excluding carboxylic acids is 1. The van der Waals surface area contributed by atoms with Crippen molar-refractivity contribution in [3.05, 3.63) is 84.2 Å². The number of nitrogens with one attached hydrogen (secondary N) is 1. The zero-order valence-corrected chi connectivity index (χ0v) is 24.5. The zero-order valence-electron chi connectivity index (χ0n) is 24.5. The molecule has 8 nitrogen and oxygen atoms in total. The molecule has 2 aromatic carbocycles.